The molecule has 0 fully saturated rings. The van der Waals surface area contributed by atoms with Crippen molar-refractivity contribution in [3.63, 3.8) is 0 Å². The molecule has 1 N–H and O–H groups in total. The molecule has 0 saturated carbocycles. The van der Waals surface area contributed by atoms with Crippen molar-refractivity contribution in [3.8, 4) is 0 Å². The van der Waals surface area contributed by atoms with E-state index in [1.165, 1.54) is 7.11 Å². The Labute approximate surface area is 106 Å². The molecule has 1 heterocycles. The SMILES string of the molecule is CCC(CC)c1nnc(NCCC(=O)OC)s1. The summed E-state index contributed by atoms with van der Waals surface area (Å²) in [5.41, 5.74) is 0. The molecule has 0 aliphatic heterocycles. The van der Waals surface area contributed by atoms with Crippen LogP contribution in [-0.4, -0.2) is 29.8 Å². The average molecular weight is 257 g/mol. The van der Waals surface area contributed by atoms with Gasteiger partial charge in [0.05, 0.1) is 13.5 Å². The molecule has 1 aromatic heterocycles. The van der Waals surface area contributed by atoms with Gasteiger partial charge >= 0.3 is 5.97 Å². The number of nitrogens with zero attached hydrogens (tertiary/aromatic N) is 2. The number of ether oxygens (including phenoxy) is 1. The van der Waals surface area contributed by atoms with Crippen molar-refractivity contribution in [3.05, 3.63) is 5.01 Å². The van der Waals surface area contributed by atoms with Crippen LogP contribution in [0, 0.1) is 0 Å². The first kappa shape index (κ1) is 13.9. The van der Waals surface area contributed by atoms with Gasteiger partial charge in [-0.15, -0.1) is 10.2 Å². The zero-order valence-corrected chi connectivity index (χ0v) is 11.3. The molecule has 17 heavy (non-hydrogen) atoms. The number of esters is 1. The van der Waals surface area contributed by atoms with Gasteiger partial charge in [-0.3, -0.25) is 4.79 Å². The molecule has 0 saturated heterocycles. The van der Waals surface area contributed by atoms with Gasteiger partial charge in [0, 0.05) is 12.5 Å². The van der Waals surface area contributed by atoms with E-state index in [4.69, 9.17) is 0 Å². The lowest BCUT2D eigenvalue weighted by molar-refractivity contribution is -0.140. The molecule has 0 bridgehead atoms. The minimum Gasteiger partial charge on any atom is -0.469 e. The van der Waals surface area contributed by atoms with Gasteiger partial charge in [-0.2, -0.15) is 0 Å². The summed E-state index contributed by atoms with van der Waals surface area (Å²) in [6.45, 7) is 4.84. The van der Waals surface area contributed by atoms with Gasteiger partial charge in [-0.25, -0.2) is 0 Å². The van der Waals surface area contributed by atoms with E-state index < -0.39 is 0 Å². The number of carbonyl (C=O) groups excluding carboxylic acids is 1. The summed E-state index contributed by atoms with van der Waals surface area (Å²) < 4.78 is 4.55. The number of methoxy groups -OCH3 is 1. The van der Waals surface area contributed by atoms with Crippen LogP contribution in [0.25, 0.3) is 0 Å². The lowest BCUT2D eigenvalue weighted by atomic mass is 10.1. The van der Waals surface area contributed by atoms with E-state index in [1.807, 2.05) is 0 Å². The molecule has 0 atom stereocenters. The molecule has 0 unspecified atom stereocenters. The standard InChI is InChI=1S/C11H19N3O2S/c1-4-8(5-2)10-13-14-11(17-10)12-7-6-9(15)16-3/h8H,4-7H2,1-3H3,(H,12,14). The number of rotatable bonds is 7. The maximum atomic E-state index is 10.9. The summed E-state index contributed by atoms with van der Waals surface area (Å²) in [6.07, 6.45) is 2.50. The van der Waals surface area contributed by atoms with Crippen LogP contribution in [0.3, 0.4) is 0 Å². The topological polar surface area (TPSA) is 64.1 Å². The Kier molecular flexibility index (Phi) is 5.90. The lowest BCUT2D eigenvalue weighted by Crippen LogP contribution is -2.09. The van der Waals surface area contributed by atoms with Gasteiger partial charge in [-0.1, -0.05) is 25.2 Å². The van der Waals surface area contributed by atoms with Crippen molar-refractivity contribution in [1.82, 2.24) is 10.2 Å². The van der Waals surface area contributed by atoms with Crippen LogP contribution in [0.4, 0.5) is 5.13 Å². The van der Waals surface area contributed by atoms with Crippen molar-refractivity contribution >= 4 is 22.4 Å². The van der Waals surface area contributed by atoms with Crippen LogP contribution in [0.1, 0.15) is 44.0 Å². The van der Waals surface area contributed by atoms with E-state index in [9.17, 15) is 4.79 Å². The predicted molar refractivity (Wildman–Crippen MR) is 68.4 cm³/mol. The predicted octanol–water partition coefficient (Wildman–Crippen LogP) is 2.42. The van der Waals surface area contributed by atoms with Crippen LogP contribution < -0.4 is 5.32 Å². The van der Waals surface area contributed by atoms with E-state index in [0.717, 1.165) is 23.0 Å². The molecule has 96 valence electrons. The maximum absolute atomic E-state index is 10.9. The Morgan fingerprint density at radius 2 is 2.12 bits per heavy atom. The Morgan fingerprint density at radius 1 is 1.41 bits per heavy atom. The summed E-state index contributed by atoms with van der Waals surface area (Å²) in [4.78, 5) is 10.9. The maximum Gasteiger partial charge on any atom is 0.307 e. The van der Waals surface area contributed by atoms with Crippen molar-refractivity contribution in [2.24, 2.45) is 0 Å². The molecule has 0 aromatic carbocycles. The summed E-state index contributed by atoms with van der Waals surface area (Å²) in [6, 6.07) is 0. The Hall–Kier alpha value is -1.17. The highest BCUT2D eigenvalue weighted by Crippen LogP contribution is 2.27. The minimum atomic E-state index is -0.220. The second-order valence-electron chi connectivity index (χ2n) is 3.71. The van der Waals surface area contributed by atoms with Gasteiger partial charge < -0.3 is 10.1 Å². The number of carbonyl (C=O) groups is 1. The van der Waals surface area contributed by atoms with E-state index in [1.54, 1.807) is 11.3 Å². The van der Waals surface area contributed by atoms with Gasteiger partial charge in [0.2, 0.25) is 5.13 Å². The number of hydrogen-bond acceptors (Lipinski definition) is 6. The molecule has 0 amide bonds. The molecular formula is C11H19N3O2S. The Balaban J connectivity index is 2.43. The van der Waals surface area contributed by atoms with Crippen LogP contribution in [0.2, 0.25) is 0 Å². The first-order valence-electron chi connectivity index (χ1n) is 5.85. The van der Waals surface area contributed by atoms with E-state index in [-0.39, 0.29) is 5.97 Å². The van der Waals surface area contributed by atoms with Crippen LogP contribution in [0.5, 0.6) is 0 Å². The third-order valence-corrected chi connectivity index (χ3v) is 3.65. The molecule has 0 spiro atoms. The largest absolute Gasteiger partial charge is 0.469 e. The summed E-state index contributed by atoms with van der Waals surface area (Å²) in [5, 5.41) is 13.1. The molecule has 1 aromatic rings. The van der Waals surface area contributed by atoms with Crippen molar-refractivity contribution in [1.29, 1.82) is 0 Å². The number of anilines is 1. The normalized spacial score (nSPS) is 10.6. The Morgan fingerprint density at radius 3 is 2.71 bits per heavy atom. The van der Waals surface area contributed by atoms with Gasteiger partial charge in [-0.05, 0) is 12.8 Å². The van der Waals surface area contributed by atoms with Crippen molar-refractivity contribution in [2.45, 2.75) is 39.0 Å². The van der Waals surface area contributed by atoms with E-state index >= 15 is 0 Å². The van der Waals surface area contributed by atoms with Gasteiger partial charge in [0.15, 0.2) is 0 Å². The Bertz CT molecular complexity index is 350. The first-order valence-corrected chi connectivity index (χ1v) is 6.66. The fourth-order valence-electron chi connectivity index (χ4n) is 1.48. The third-order valence-electron chi connectivity index (χ3n) is 2.61. The minimum absolute atomic E-state index is 0.220. The van der Waals surface area contributed by atoms with Crippen LogP contribution in [0.15, 0.2) is 0 Å². The highest BCUT2D eigenvalue weighted by molar-refractivity contribution is 7.15. The molecule has 6 heteroatoms. The van der Waals surface area contributed by atoms with Gasteiger partial charge in [0.25, 0.3) is 0 Å². The molecule has 0 radical (unpaired) electrons. The first-order chi connectivity index (χ1) is 8.21. The zero-order valence-electron chi connectivity index (χ0n) is 10.5. The van der Waals surface area contributed by atoms with Crippen molar-refractivity contribution in [2.75, 3.05) is 19.0 Å². The number of aromatic nitrogens is 2. The molecule has 5 nitrogen and oxygen atoms in total. The highest BCUT2D eigenvalue weighted by Gasteiger charge is 2.13. The molecular weight excluding hydrogens is 238 g/mol. The fraction of sp³-hybridized carbons (Fsp3) is 0.727. The van der Waals surface area contributed by atoms with Crippen LogP contribution >= 0.6 is 11.3 Å². The van der Waals surface area contributed by atoms with Gasteiger partial charge in [0.1, 0.15) is 5.01 Å². The lowest BCUT2D eigenvalue weighted by Gasteiger charge is -2.05. The monoisotopic (exact) mass is 257 g/mol. The molecule has 0 aliphatic rings. The zero-order chi connectivity index (χ0) is 12.7. The van der Waals surface area contributed by atoms with E-state index in [0.29, 0.717) is 18.9 Å². The number of hydrogen-bond donors (Lipinski definition) is 1. The average Bonchev–Trinajstić information content (AvgIpc) is 2.79. The summed E-state index contributed by atoms with van der Waals surface area (Å²) in [7, 11) is 1.39. The number of nitrogens with one attached hydrogen (secondary N) is 1. The summed E-state index contributed by atoms with van der Waals surface area (Å²) in [5.74, 6) is 0.269. The third kappa shape index (κ3) is 4.30. The quantitative estimate of drug-likeness (QED) is 0.760. The summed E-state index contributed by atoms with van der Waals surface area (Å²) >= 11 is 1.56. The molecule has 1 rings (SSSR count). The molecule has 0 aliphatic carbocycles. The highest BCUT2D eigenvalue weighted by atomic mass is 32.1. The smallest absolute Gasteiger partial charge is 0.307 e. The second kappa shape index (κ2) is 7.21. The van der Waals surface area contributed by atoms with Crippen molar-refractivity contribution < 1.29 is 9.53 Å². The second-order valence-corrected chi connectivity index (χ2v) is 4.72. The van der Waals surface area contributed by atoms with Crippen LogP contribution in [-0.2, 0) is 9.53 Å². The van der Waals surface area contributed by atoms with E-state index in [2.05, 4.69) is 34.1 Å². The fourth-order valence-corrected chi connectivity index (χ4v) is 2.52.